The summed E-state index contributed by atoms with van der Waals surface area (Å²) in [5.41, 5.74) is 1.90. The Bertz CT molecular complexity index is 848. The van der Waals surface area contributed by atoms with Crippen molar-refractivity contribution >= 4 is 17.3 Å². The number of fused-ring (bicyclic) bond motifs is 1. The normalized spacial score (nSPS) is 17.5. The maximum absolute atomic E-state index is 12.7. The minimum atomic E-state index is -0.207. The first-order valence-electron chi connectivity index (χ1n) is 9.97. The fourth-order valence-electron chi connectivity index (χ4n) is 3.69. The third kappa shape index (κ3) is 4.40. The Hall–Kier alpha value is -2.93. The molecule has 2 heterocycles. The fraction of sp³-hybridized carbons (Fsp3) is 0.409. The number of benzene rings is 2. The topological polar surface area (TPSA) is 63.3 Å². The van der Waals surface area contributed by atoms with E-state index in [1.165, 1.54) is 5.69 Å². The molecule has 2 aliphatic rings. The van der Waals surface area contributed by atoms with Crippen LogP contribution in [-0.4, -0.2) is 63.4 Å². The molecule has 0 bridgehead atoms. The van der Waals surface area contributed by atoms with Gasteiger partial charge in [0.05, 0.1) is 13.2 Å². The summed E-state index contributed by atoms with van der Waals surface area (Å²) in [6.45, 7) is 6.47. The number of carbonyl (C=O) groups is 1. The minimum Gasteiger partial charge on any atom is -0.497 e. The zero-order valence-electron chi connectivity index (χ0n) is 16.9. The van der Waals surface area contributed by atoms with Crippen molar-refractivity contribution in [3.63, 3.8) is 0 Å². The zero-order valence-corrected chi connectivity index (χ0v) is 16.9. The van der Waals surface area contributed by atoms with E-state index in [1.807, 2.05) is 37.3 Å². The van der Waals surface area contributed by atoms with E-state index in [1.54, 1.807) is 7.11 Å². The van der Waals surface area contributed by atoms with Gasteiger partial charge >= 0.3 is 0 Å². The predicted octanol–water partition coefficient (Wildman–Crippen LogP) is 2.62. The van der Waals surface area contributed by atoms with E-state index in [4.69, 9.17) is 14.2 Å². The molecule has 1 N–H and O–H groups in total. The largest absolute Gasteiger partial charge is 0.497 e. The van der Waals surface area contributed by atoms with E-state index in [9.17, 15) is 4.79 Å². The van der Waals surface area contributed by atoms with Crippen LogP contribution in [0.3, 0.4) is 0 Å². The Labute approximate surface area is 171 Å². The molecule has 0 spiro atoms. The average molecular weight is 397 g/mol. The van der Waals surface area contributed by atoms with Crippen molar-refractivity contribution in [1.29, 1.82) is 0 Å². The number of anilines is 2. The van der Waals surface area contributed by atoms with Gasteiger partial charge in [-0.25, -0.2) is 0 Å². The lowest BCUT2D eigenvalue weighted by Gasteiger charge is -2.38. The molecule has 0 aromatic heterocycles. The van der Waals surface area contributed by atoms with Gasteiger partial charge in [-0.05, 0) is 43.3 Å². The molecule has 1 amide bonds. The van der Waals surface area contributed by atoms with Gasteiger partial charge in [0, 0.05) is 43.6 Å². The number of ether oxygens (including phenoxy) is 3. The van der Waals surface area contributed by atoms with Crippen molar-refractivity contribution < 1.29 is 19.0 Å². The zero-order chi connectivity index (χ0) is 20.2. The van der Waals surface area contributed by atoms with Gasteiger partial charge in [-0.3, -0.25) is 9.69 Å². The van der Waals surface area contributed by atoms with Crippen molar-refractivity contribution in [1.82, 2.24) is 4.90 Å². The molecule has 4 rings (SSSR count). The van der Waals surface area contributed by atoms with E-state index >= 15 is 0 Å². The third-order valence-corrected chi connectivity index (χ3v) is 5.49. The van der Waals surface area contributed by atoms with E-state index in [2.05, 4.69) is 27.2 Å². The van der Waals surface area contributed by atoms with Crippen molar-refractivity contribution in [2.75, 3.05) is 56.7 Å². The number of amides is 1. The van der Waals surface area contributed by atoms with E-state index in [-0.39, 0.29) is 11.9 Å². The maximum Gasteiger partial charge on any atom is 0.241 e. The van der Waals surface area contributed by atoms with Crippen LogP contribution in [0.1, 0.15) is 6.92 Å². The minimum absolute atomic E-state index is 0.0143. The summed E-state index contributed by atoms with van der Waals surface area (Å²) in [6, 6.07) is 13.4. The molecule has 0 saturated carbocycles. The summed E-state index contributed by atoms with van der Waals surface area (Å²) in [5, 5.41) is 3.00. The molecule has 2 aromatic rings. The second-order valence-electron chi connectivity index (χ2n) is 7.24. The molecular weight excluding hydrogens is 370 g/mol. The van der Waals surface area contributed by atoms with Crippen molar-refractivity contribution in [2.24, 2.45) is 0 Å². The summed E-state index contributed by atoms with van der Waals surface area (Å²) < 4.78 is 16.3. The molecule has 0 aliphatic carbocycles. The lowest BCUT2D eigenvalue weighted by molar-refractivity contribution is -0.120. The highest BCUT2D eigenvalue weighted by atomic mass is 16.6. The van der Waals surface area contributed by atoms with Crippen LogP contribution < -0.4 is 24.4 Å². The first-order valence-corrected chi connectivity index (χ1v) is 9.97. The number of methoxy groups -OCH3 is 1. The summed E-state index contributed by atoms with van der Waals surface area (Å²) in [7, 11) is 1.67. The molecule has 2 aromatic carbocycles. The van der Waals surface area contributed by atoms with E-state index in [0.29, 0.717) is 19.0 Å². The van der Waals surface area contributed by atoms with Crippen LogP contribution in [0.25, 0.3) is 0 Å². The first kappa shape index (κ1) is 19.4. The highest BCUT2D eigenvalue weighted by molar-refractivity contribution is 5.94. The molecule has 154 valence electrons. The van der Waals surface area contributed by atoms with Crippen molar-refractivity contribution in [3.8, 4) is 17.2 Å². The van der Waals surface area contributed by atoms with Gasteiger partial charge in [0.2, 0.25) is 5.91 Å². The number of hydrogen-bond donors (Lipinski definition) is 1. The monoisotopic (exact) mass is 397 g/mol. The van der Waals surface area contributed by atoms with Gasteiger partial charge in [-0.15, -0.1) is 0 Å². The average Bonchev–Trinajstić information content (AvgIpc) is 2.78. The fourth-order valence-corrected chi connectivity index (χ4v) is 3.69. The van der Waals surface area contributed by atoms with Crippen LogP contribution in [0.15, 0.2) is 42.5 Å². The molecule has 1 atom stereocenters. The Kier molecular flexibility index (Phi) is 5.76. The summed E-state index contributed by atoms with van der Waals surface area (Å²) in [5.74, 6) is 2.24. The molecule has 0 unspecified atom stereocenters. The SMILES string of the molecule is COc1ccc(N2CCN([C@@H](C)C(=O)Nc3ccc4c(c3)OCCO4)CC2)cc1. The van der Waals surface area contributed by atoms with Crippen LogP contribution in [0, 0.1) is 0 Å². The van der Waals surface area contributed by atoms with Crippen LogP contribution in [-0.2, 0) is 4.79 Å². The van der Waals surface area contributed by atoms with Gasteiger partial charge in [-0.1, -0.05) is 0 Å². The second kappa shape index (κ2) is 8.61. The number of nitrogens with zero attached hydrogens (tertiary/aromatic N) is 2. The van der Waals surface area contributed by atoms with Gasteiger partial charge in [0.1, 0.15) is 19.0 Å². The van der Waals surface area contributed by atoms with E-state index < -0.39 is 0 Å². The van der Waals surface area contributed by atoms with Crippen LogP contribution in [0.5, 0.6) is 17.2 Å². The highest BCUT2D eigenvalue weighted by Gasteiger charge is 2.26. The molecule has 7 nitrogen and oxygen atoms in total. The first-order chi connectivity index (χ1) is 14.1. The molecule has 1 saturated heterocycles. The van der Waals surface area contributed by atoms with Crippen LogP contribution >= 0.6 is 0 Å². The number of rotatable bonds is 5. The quantitative estimate of drug-likeness (QED) is 0.837. The van der Waals surface area contributed by atoms with Gasteiger partial charge in [0.15, 0.2) is 11.5 Å². The summed E-state index contributed by atoms with van der Waals surface area (Å²) in [6.07, 6.45) is 0. The molecule has 7 heteroatoms. The van der Waals surface area contributed by atoms with Gasteiger partial charge < -0.3 is 24.4 Å². The Morgan fingerprint density at radius 3 is 2.38 bits per heavy atom. The Morgan fingerprint density at radius 1 is 1.00 bits per heavy atom. The number of hydrogen-bond acceptors (Lipinski definition) is 6. The molecule has 0 radical (unpaired) electrons. The smallest absolute Gasteiger partial charge is 0.241 e. The number of piperazine rings is 1. The van der Waals surface area contributed by atoms with Crippen LogP contribution in [0.2, 0.25) is 0 Å². The molecule has 29 heavy (non-hydrogen) atoms. The van der Waals surface area contributed by atoms with E-state index in [0.717, 1.165) is 43.4 Å². The molecule has 2 aliphatic heterocycles. The highest BCUT2D eigenvalue weighted by Crippen LogP contribution is 2.32. The van der Waals surface area contributed by atoms with Crippen molar-refractivity contribution in [3.05, 3.63) is 42.5 Å². The van der Waals surface area contributed by atoms with Gasteiger partial charge in [0.25, 0.3) is 0 Å². The van der Waals surface area contributed by atoms with Gasteiger partial charge in [-0.2, -0.15) is 0 Å². The second-order valence-corrected chi connectivity index (χ2v) is 7.24. The van der Waals surface area contributed by atoms with Crippen molar-refractivity contribution in [2.45, 2.75) is 13.0 Å². The number of nitrogens with one attached hydrogen (secondary N) is 1. The molecular formula is C22H27N3O4. The third-order valence-electron chi connectivity index (χ3n) is 5.49. The summed E-state index contributed by atoms with van der Waals surface area (Å²) >= 11 is 0. The lowest BCUT2D eigenvalue weighted by atomic mass is 10.2. The lowest BCUT2D eigenvalue weighted by Crippen LogP contribution is -2.52. The Morgan fingerprint density at radius 2 is 1.69 bits per heavy atom. The number of carbonyl (C=O) groups excluding carboxylic acids is 1. The standard InChI is InChI=1S/C22H27N3O4/c1-16(22(26)23-17-3-8-20-21(15-17)29-14-13-28-20)24-9-11-25(12-10-24)18-4-6-19(27-2)7-5-18/h3-8,15-16H,9-14H2,1-2H3,(H,23,26)/t16-/m0/s1. The molecule has 1 fully saturated rings. The predicted molar refractivity (Wildman–Crippen MR) is 112 cm³/mol. The maximum atomic E-state index is 12.7. The summed E-state index contributed by atoms with van der Waals surface area (Å²) in [4.78, 5) is 17.3. The van der Waals surface area contributed by atoms with Crippen LogP contribution in [0.4, 0.5) is 11.4 Å². The Balaban J connectivity index is 1.31.